The van der Waals surface area contributed by atoms with Gasteiger partial charge >= 0.3 is 5.97 Å². The van der Waals surface area contributed by atoms with Gasteiger partial charge in [0.15, 0.2) is 0 Å². The number of methoxy groups -OCH3 is 1. The monoisotopic (exact) mass is 258 g/mol. The number of hydrogen-bond acceptors (Lipinski definition) is 4. The van der Waals surface area contributed by atoms with E-state index in [1.54, 1.807) is 0 Å². The summed E-state index contributed by atoms with van der Waals surface area (Å²) in [6, 6.07) is 0. The van der Waals surface area contributed by atoms with E-state index < -0.39 is 8.24 Å². The topological polar surface area (TPSA) is 32.8 Å². The Labute approximate surface area is 106 Å². The van der Waals surface area contributed by atoms with Gasteiger partial charge in [-0.1, -0.05) is 26.6 Å². The van der Waals surface area contributed by atoms with Crippen molar-refractivity contribution in [2.45, 2.75) is 33.0 Å². The van der Waals surface area contributed by atoms with Crippen LogP contribution in [-0.2, 0) is 9.53 Å². The van der Waals surface area contributed by atoms with Crippen molar-refractivity contribution < 1.29 is 9.53 Å². The van der Waals surface area contributed by atoms with Gasteiger partial charge in [-0.05, 0) is 13.0 Å². The Kier molecular flexibility index (Phi) is 5.16. The van der Waals surface area contributed by atoms with Gasteiger partial charge in [-0.25, -0.2) is 0 Å². The first kappa shape index (κ1) is 14.7. The molecule has 0 aromatic heterocycles. The predicted molar refractivity (Wildman–Crippen MR) is 72.3 cm³/mol. The molecule has 0 saturated carbocycles. The van der Waals surface area contributed by atoms with E-state index in [0.29, 0.717) is 0 Å². The molecule has 4 nitrogen and oxygen atoms in total. The van der Waals surface area contributed by atoms with Crippen molar-refractivity contribution in [1.82, 2.24) is 9.47 Å². The molecule has 1 atom stereocenters. The summed E-state index contributed by atoms with van der Waals surface area (Å²) in [6.07, 6.45) is 1.21. The molecule has 1 heterocycles. The van der Waals surface area contributed by atoms with Gasteiger partial charge in [0.25, 0.3) is 0 Å². The van der Waals surface area contributed by atoms with Crippen LogP contribution < -0.4 is 0 Å². The van der Waals surface area contributed by atoms with Crippen LogP contribution in [0.2, 0.25) is 19.6 Å². The minimum atomic E-state index is -1.21. The Hall–Kier alpha value is -0.393. The molecule has 0 N–H and O–H groups in total. The number of ether oxygens (including phenoxy) is 1. The van der Waals surface area contributed by atoms with Crippen molar-refractivity contribution in [3.05, 3.63) is 0 Å². The third kappa shape index (κ3) is 4.41. The number of rotatable bonds is 4. The first-order chi connectivity index (χ1) is 7.84. The van der Waals surface area contributed by atoms with Gasteiger partial charge in [0.1, 0.15) is 8.24 Å². The van der Waals surface area contributed by atoms with Gasteiger partial charge in [-0.15, -0.1) is 0 Å². The first-order valence-corrected chi connectivity index (χ1v) is 9.84. The fourth-order valence-electron chi connectivity index (χ4n) is 2.23. The van der Waals surface area contributed by atoms with E-state index in [4.69, 9.17) is 4.74 Å². The molecule has 100 valence electrons. The van der Waals surface area contributed by atoms with Crippen LogP contribution in [0, 0.1) is 5.92 Å². The van der Waals surface area contributed by atoms with Gasteiger partial charge in [0.2, 0.25) is 0 Å². The molecule has 1 unspecified atom stereocenters. The van der Waals surface area contributed by atoms with Crippen LogP contribution in [0.25, 0.3) is 0 Å². The molecule has 0 amide bonds. The molecule has 0 aliphatic carbocycles. The third-order valence-corrected chi connectivity index (χ3v) is 5.62. The third-order valence-electron chi connectivity index (χ3n) is 3.36. The van der Waals surface area contributed by atoms with Crippen LogP contribution in [-0.4, -0.2) is 57.1 Å². The highest BCUT2D eigenvalue weighted by Crippen LogP contribution is 2.16. The van der Waals surface area contributed by atoms with Crippen molar-refractivity contribution in [2.24, 2.45) is 5.92 Å². The van der Waals surface area contributed by atoms with Crippen molar-refractivity contribution in [2.75, 3.05) is 33.4 Å². The summed E-state index contributed by atoms with van der Waals surface area (Å²) in [6.45, 7) is 13.2. The van der Waals surface area contributed by atoms with E-state index in [1.165, 1.54) is 20.1 Å². The van der Waals surface area contributed by atoms with Crippen LogP contribution >= 0.6 is 0 Å². The van der Waals surface area contributed by atoms with E-state index in [0.717, 1.165) is 19.8 Å². The molecule has 1 aliphatic rings. The summed E-state index contributed by atoms with van der Waals surface area (Å²) in [5.74, 6) is -0.128. The number of hydrogen-bond donors (Lipinski definition) is 0. The predicted octanol–water partition coefficient (Wildman–Crippen LogP) is 1.60. The maximum absolute atomic E-state index is 11.4. The maximum atomic E-state index is 11.4. The lowest BCUT2D eigenvalue weighted by Crippen LogP contribution is -2.56. The quantitative estimate of drug-likeness (QED) is 0.566. The first-order valence-electron chi connectivity index (χ1n) is 6.40. The molecule has 0 radical (unpaired) electrons. The summed E-state index contributed by atoms with van der Waals surface area (Å²) >= 11 is 0. The van der Waals surface area contributed by atoms with Crippen LogP contribution in [0.5, 0.6) is 0 Å². The lowest BCUT2D eigenvalue weighted by Gasteiger charge is -2.42. The largest absolute Gasteiger partial charge is 0.469 e. The molecule has 5 heteroatoms. The molecular weight excluding hydrogens is 232 g/mol. The van der Waals surface area contributed by atoms with Gasteiger partial charge in [-0.2, -0.15) is 0 Å². The van der Waals surface area contributed by atoms with Crippen molar-refractivity contribution >= 4 is 14.2 Å². The SMILES string of the molecule is COC(=O)C(C)CN1CCCN([Si](C)(C)C)C1. The van der Waals surface area contributed by atoms with E-state index in [9.17, 15) is 4.79 Å². The lowest BCUT2D eigenvalue weighted by atomic mass is 10.1. The van der Waals surface area contributed by atoms with Crippen molar-refractivity contribution in [3.8, 4) is 0 Å². The number of esters is 1. The van der Waals surface area contributed by atoms with Crippen molar-refractivity contribution in [3.63, 3.8) is 0 Å². The van der Waals surface area contributed by atoms with E-state index >= 15 is 0 Å². The number of carbonyl (C=O) groups excluding carboxylic acids is 1. The summed E-state index contributed by atoms with van der Waals surface area (Å²) in [7, 11) is 0.252. The minimum absolute atomic E-state index is 0.0263. The standard InChI is InChI=1S/C12H26N2O2Si/c1-11(12(15)16-2)9-13-7-6-8-14(10-13)17(3,4)5/h11H,6-10H2,1-5H3. The fourth-order valence-corrected chi connectivity index (χ4v) is 3.68. The second-order valence-corrected chi connectivity index (χ2v) is 10.9. The molecule has 1 rings (SSSR count). The summed E-state index contributed by atoms with van der Waals surface area (Å²) in [4.78, 5) is 13.8. The Bertz CT molecular complexity index is 266. The van der Waals surface area contributed by atoms with E-state index in [1.807, 2.05) is 6.92 Å². The van der Waals surface area contributed by atoms with Crippen LogP contribution in [0.3, 0.4) is 0 Å². The Morgan fingerprint density at radius 2 is 2.00 bits per heavy atom. The second kappa shape index (κ2) is 5.98. The normalized spacial score (nSPS) is 21.2. The summed E-state index contributed by atoms with van der Waals surface area (Å²) in [5.41, 5.74) is 0. The molecule has 1 fully saturated rings. The minimum Gasteiger partial charge on any atom is -0.469 e. The van der Waals surface area contributed by atoms with Gasteiger partial charge in [0, 0.05) is 19.8 Å². The van der Waals surface area contributed by atoms with Crippen LogP contribution in [0.15, 0.2) is 0 Å². The average Bonchev–Trinajstić information content (AvgIpc) is 2.27. The highest BCUT2D eigenvalue weighted by Gasteiger charge is 2.29. The molecule has 1 saturated heterocycles. The maximum Gasteiger partial charge on any atom is 0.309 e. The molecule has 17 heavy (non-hydrogen) atoms. The van der Waals surface area contributed by atoms with Gasteiger partial charge < -0.3 is 9.30 Å². The van der Waals surface area contributed by atoms with Crippen LogP contribution in [0.1, 0.15) is 13.3 Å². The molecule has 0 aromatic rings. The van der Waals surface area contributed by atoms with Gasteiger partial charge in [0.05, 0.1) is 13.0 Å². The number of nitrogens with zero attached hydrogens (tertiary/aromatic N) is 2. The molecule has 1 aliphatic heterocycles. The molecular formula is C12H26N2O2Si. The Morgan fingerprint density at radius 3 is 2.53 bits per heavy atom. The van der Waals surface area contributed by atoms with E-state index in [-0.39, 0.29) is 11.9 Å². The zero-order chi connectivity index (χ0) is 13.1. The fraction of sp³-hybridized carbons (Fsp3) is 0.917. The highest BCUT2D eigenvalue weighted by molar-refractivity contribution is 6.73. The zero-order valence-electron chi connectivity index (χ0n) is 11.8. The Balaban J connectivity index is 2.47. The summed E-state index contributed by atoms with van der Waals surface area (Å²) < 4.78 is 7.37. The molecule has 0 bridgehead atoms. The van der Waals surface area contributed by atoms with Crippen molar-refractivity contribution in [1.29, 1.82) is 0 Å². The van der Waals surface area contributed by atoms with E-state index in [2.05, 4.69) is 29.1 Å². The summed E-state index contributed by atoms with van der Waals surface area (Å²) in [5, 5.41) is 0. The van der Waals surface area contributed by atoms with Crippen LogP contribution in [0.4, 0.5) is 0 Å². The molecule has 0 aromatic carbocycles. The van der Waals surface area contributed by atoms with Gasteiger partial charge in [-0.3, -0.25) is 9.69 Å². The molecule has 0 spiro atoms. The average molecular weight is 258 g/mol. The smallest absolute Gasteiger partial charge is 0.309 e. The second-order valence-electron chi connectivity index (χ2n) is 5.93. The highest BCUT2D eigenvalue weighted by atomic mass is 28.3. The number of carbonyl (C=O) groups is 1. The zero-order valence-corrected chi connectivity index (χ0v) is 12.8. The Morgan fingerprint density at radius 1 is 1.35 bits per heavy atom. The lowest BCUT2D eigenvalue weighted by molar-refractivity contribution is -0.145.